The van der Waals surface area contributed by atoms with E-state index in [4.69, 9.17) is 15.1 Å². The lowest BCUT2D eigenvalue weighted by molar-refractivity contribution is 0.200. The Balaban J connectivity index is 1.34. The second-order valence-corrected chi connectivity index (χ2v) is 10.2. The van der Waals surface area contributed by atoms with Crippen LogP contribution >= 0.6 is 0 Å². The van der Waals surface area contributed by atoms with Gasteiger partial charge in [0.05, 0.1) is 11.6 Å². The van der Waals surface area contributed by atoms with Crippen molar-refractivity contribution in [3.8, 4) is 17.7 Å². The fourth-order valence-corrected chi connectivity index (χ4v) is 4.96. The highest BCUT2D eigenvalue weighted by molar-refractivity contribution is 7.87. The van der Waals surface area contributed by atoms with Crippen LogP contribution in [-0.2, 0) is 16.8 Å². The van der Waals surface area contributed by atoms with Crippen molar-refractivity contribution >= 4 is 21.8 Å². The Labute approximate surface area is 211 Å². The van der Waals surface area contributed by atoms with E-state index in [1.165, 1.54) is 0 Å². The van der Waals surface area contributed by atoms with E-state index in [-0.39, 0.29) is 6.04 Å². The van der Waals surface area contributed by atoms with Crippen molar-refractivity contribution in [2.75, 3.05) is 18.4 Å². The standard InChI is InChI=1S/C25H29N7O3S/c1-17-13-20(15-26)14-18(2)24(17)35-23-7-10-28-25(30-23)29-21-5-3-19(4-6-21)16-32-11-8-22(9-12-32)31-36(27,33)34/h3-7,10,13-14,22,31H,8-9,11-12,16H2,1-2H3,(H2,27,33,34)(H,28,29,30). The number of ether oxygens (including phenoxy) is 1. The molecule has 2 heterocycles. The predicted octanol–water partition coefficient (Wildman–Crippen LogP) is 3.26. The first-order valence-corrected chi connectivity index (χ1v) is 13.1. The predicted molar refractivity (Wildman–Crippen MR) is 137 cm³/mol. The van der Waals surface area contributed by atoms with Crippen LogP contribution in [-0.4, -0.2) is 42.4 Å². The summed E-state index contributed by atoms with van der Waals surface area (Å²) in [5.74, 6) is 1.49. The van der Waals surface area contributed by atoms with E-state index >= 15 is 0 Å². The maximum absolute atomic E-state index is 11.2. The second-order valence-electron chi connectivity index (χ2n) is 8.91. The molecule has 0 saturated carbocycles. The van der Waals surface area contributed by atoms with E-state index in [9.17, 15) is 8.42 Å². The van der Waals surface area contributed by atoms with Gasteiger partial charge in [0.2, 0.25) is 11.8 Å². The molecule has 188 valence electrons. The minimum absolute atomic E-state index is 0.104. The van der Waals surface area contributed by atoms with Gasteiger partial charge in [0.25, 0.3) is 10.2 Å². The Morgan fingerprint density at radius 2 is 1.81 bits per heavy atom. The third-order valence-corrected chi connectivity index (χ3v) is 6.62. The number of hydrogen-bond acceptors (Lipinski definition) is 8. The third-order valence-electron chi connectivity index (χ3n) is 5.96. The van der Waals surface area contributed by atoms with Crippen LogP contribution in [0.3, 0.4) is 0 Å². The molecule has 1 aromatic heterocycles. The van der Waals surface area contributed by atoms with Crippen LogP contribution < -0.4 is 19.9 Å². The molecule has 0 bridgehead atoms. The van der Waals surface area contributed by atoms with Gasteiger partial charge in [-0.15, -0.1) is 0 Å². The van der Waals surface area contributed by atoms with Crippen LogP contribution in [0, 0.1) is 25.2 Å². The molecule has 0 radical (unpaired) electrons. The van der Waals surface area contributed by atoms with Crippen LogP contribution in [0.2, 0.25) is 0 Å². The van der Waals surface area contributed by atoms with Crippen LogP contribution in [0.5, 0.6) is 11.6 Å². The topological polar surface area (TPSA) is 146 Å². The zero-order chi connectivity index (χ0) is 25.7. The summed E-state index contributed by atoms with van der Waals surface area (Å²) < 4.78 is 30.9. The monoisotopic (exact) mass is 507 g/mol. The van der Waals surface area contributed by atoms with Gasteiger partial charge in [-0.05, 0) is 67.6 Å². The van der Waals surface area contributed by atoms with Crippen molar-refractivity contribution in [2.24, 2.45) is 5.14 Å². The van der Waals surface area contributed by atoms with Gasteiger partial charge in [-0.2, -0.15) is 23.4 Å². The number of anilines is 2. The van der Waals surface area contributed by atoms with E-state index in [1.807, 2.05) is 38.1 Å². The van der Waals surface area contributed by atoms with Gasteiger partial charge in [-0.25, -0.2) is 10.1 Å². The summed E-state index contributed by atoms with van der Waals surface area (Å²) in [6.45, 7) is 6.17. The number of aryl methyl sites for hydroxylation is 2. The molecule has 2 aromatic carbocycles. The molecule has 36 heavy (non-hydrogen) atoms. The summed E-state index contributed by atoms with van der Waals surface area (Å²) in [4.78, 5) is 11.0. The molecule has 11 heteroatoms. The van der Waals surface area contributed by atoms with Crippen molar-refractivity contribution in [1.29, 1.82) is 5.26 Å². The number of rotatable bonds is 8. The molecule has 4 rings (SSSR count). The van der Waals surface area contributed by atoms with Gasteiger partial charge in [0.1, 0.15) is 5.75 Å². The molecule has 1 aliphatic rings. The molecule has 3 aromatic rings. The van der Waals surface area contributed by atoms with Gasteiger partial charge in [-0.3, -0.25) is 4.90 Å². The van der Waals surface area contributed by atoms with Crippen LogP contribution in [0.1, 0.15) is 35.1 Å². The van der Waals surface area contributed by atoms with Crippen LogP contribution in [0.25, 0.3) is 0 Å². The van der Waals surface area contributed by atoms with Crippen LogP contribution in [0.15, 0.2) is 48.7 Å². The number of nitrogens with two attached hydrogens (primary N) is 1. The zero-order valence-corrected chi connectivity index (χ0v) is 21.0. The molecule has 0 aliphatic carbocycles. The number of benzene rings is 2. The average Bonchev–Trinajstić information content (AvgIpc) is 2.83. The molecular formula is C25H29N7O3S. The Hall–Kier alpha value is -3.56. The highest BCUT2D eigenvalue weighted by Gasteiger charge is 2.21. The molecule has 1 fully saturated rings. The quantitative estimate of drug-likeness (QED) is 0.421. The molecular weight excluding hydrogens is 478 g/mol. The van der Waals surface area contributed by atoms with Crippen molar-refractivity contribution in [3.05, 3.63) is 70.9 Å². The highest BCUT2D eigenvalue weighted by Crippen LogP contribution is 2.29. The lowest BCUT2D eigenvalue weighted by Crippen LogP contribution is -2.46. The Bertz CT molecular complexity index is 1340. The number of nitriles is 1. The smallest absolute Gasteiger partial charge is 0.274 e. The van der Waals surface area contributed by atoms with Gasteiger partial charge >= 0.3 is 0 Å². The number of nitrogens with zero attached hydrogens (tertiary/aromatic N) is 4. The lowest BCUT2D eigenvalue weighted by atomic mass is 10.1. The third kappa shape index (κ3) is 6.99. The van der Waals surface area contributed by atoms with E-state index in [0.29, 0.717) is 23.1 Å². The summed E-state index contributed by atoms with van der Waals surface area (Å²) in [6, 6.07) is 15.3. The van der Waals surface area contributed by atoms with Crippen molar-refractivity contribution in [1.82, 2.24) is 19.6 Å². The molecule has 0 atom stereocenters. The maximum Gasteiger partial charge on any atom is 0.274 e. The fourth-order valence-electron chi connectivity index (χ4n) is 4.26. The number of piperidine rings is 1. The normalized spacial score (nSPS) is 14.8. The molecule has 1 aliphatic heterocycles. The maximum atomic E-state index is 11.2. The van der Waals surface area contributed by atoms with Crippen molar-refractivity contribution < 1.29 is 13.2 Å². The van der Waals surface area contributed by atoms with E-state index in [1.54, 1.807) is 24.4 Å². The lowest BCUT2D eigenvalue weighted by Gasteiger charge is -2.31. The Kier molecular flexibility index (Phi) is 7.81. The van der Waals surface area contributed by atoms with Gasteiger partial charge in [0, 0.05) is 43.6 Å². The SMILES string of the molecule is Cc1cc(C#N)cc(C)c1Oc1ccnc(Nc2ccc(CN3CCC(NS(N)(=O)=O)CC3)cc2)n1. The molecule has 1 saturated heterocycles. The van der Waals surface area contributed by atoms with Crippen molar-refractivity contribution in [2.45, 2.75) is 39.3 Å². The summed E-state index contributed by atoms with van der Waals surface area (Å²) in [5, 5.41) is 17.4. The number of nitrogens with one attached hydrogen (secondary N) is 2. The largest absolute Gasteiger partial charge is 0.438 e. The van der Waals surface area contributed by atoms with Gasteiger partial charge < -0.3 is 10.1 Å². The molecule has 10 nitrogen and oxygen atoms in total. The second kappa shape index (κ2) is 11.0. The molecule has 0 spiro atoms. The summed E-state index contributed by atoms with van der Waals surface area (Å²) in [7, 11) is -3.66. The number of hydrogen-bond donors (Lipinski definition) is 3. The molecule has 0 unspecified atom stereocenters. The first-order chi connectivity index (χ1) is 17.2. The molecule has 4 N–H and O–H groups in total. The Morgan fingerprint density at radius 3 is 2.42 bits per heavy atom. The number of aromatic nitrogens is 2. The highest BCUT2D eigenvalue weighted by atomic mass is 32.2. The number of likely N-dealkylation sites (tertiary alicyclic amines) is 1. The van der Waals surface area contributed by atoms with E-state index in [0.717, 1.165) is 54.9 Å². The fraction of sp³-hybridized carbons (Fsp3) is 0.320. The van der Waals surface area contributed by atoms with Crippen LogP contribution in [0.4, 0.5) is 11.6 Å². The summed E-state index contributed by atoms with van der Waals surface area (Å²) >= 11 is 0. The summed E-state index contributed by atoms with van der Waals surface area (Å²) in [5.41, 5.74) is 4.32. The van der Waals surface area contributed by atoms with Gasteiger partial charge in [0.15, 0.2) is 0 Å². The zero-order valence-electron chi connectivity index (χ0n) is 20.2. The van der Waals surface area contributed by atoms with Gasteiger partial charge in [-0.1, -0.05) is 12.1 Å². The Morgan fingerprint density at radius 1 is 1.14 bits per heavy atom. The van der Waals surface area contributed by atoms with E-state index in [2.05, 4.69) is 31.0 Å². The first-order valence-electron chi connectivity index (χ1n) is 11.6. The average molecular weight is 508 g/mol. The minimum Gasteiger partial charge on any atom is -0.438 e. The first kappa shape index (κ1) is 25.5. The summed E-state index contributed by atoms with van der Waals surface area (Å²) in [6.07, 6.45) is 3.09. The van der Waals surface area contributed by atoms with E-state index < -0.39 is 10.2 Å². The van der Waals surface area contributed by atoms with Crippen molar-refractivity contribution in [3.63, 3.8) is 0 Å². The molecule has 0 amide bonds. The minimum atomic E-state index is -3.66.